The van der Waals surface area contributed by atoms with E-state index in [1.807, 2.05) is 0 Å². The highest BCUT2D eigenvalue weighted by molar-refractivity contribution is 5.71. The fraction of sp³-hybridized carbons (Fsp3) is 0.600. The Labute approximate surface area is 111 Å². The van der Waals surface area contributed by atoms with E-state index < -0.39 is 0 Å². The van der Waals surface area contributed by atoms with E-state index in [2.05, 4.69) is 49.0 Å². The zero-order valence-corrected chi connectivity index (χ0v) is 11.8. The van der Waals surface area contributed by atoms with Crippen molar-refractivity contribution in [2.24, 2.45) is 5.92 Å². The van der Waals surface area contributed by atoms with Gasteiger partial charge in [-0.3, -0.25) is 0 Å². The smallest absolute Gasteiger partial charge is 0.0602 e. The minimum Gasteiger partial charge on any atom is -0.397 e. The molecule has 0 radical (unpaired) electrons. The van der Waals surface area contributed by atoms with Crippen LogP contribution < -0.4 is 10.6 Å². The molecule has 1 fully saturated rings. The zero-order chi connectivity index (χ0) is 13.1. The normalized spacial score (nSPS) is 17.4. The maximum atomic E-state index is 6.18. The molecule has 3 heteroatoms. The SMILES string of the molecule is Cc1cccc(N2CCC(CN(C)C)CC2)c1N. The summed E-state index contributed by atoms with van der Waals surface area (Å²) in [7, 11) is 4.32. The van der Waals surface area contributed by atoms with Crippen molar-refractivity contribution in [1.82, 2.24) is 4.90 Å². The molecule has 1 saturated heterocycles. The summed E-state index contributed by atoms with van der Waals surface area (Å²) < 4.78 is 0. The minimum absolute atomic E-state index is 0.835. The van der Waals surface area contributed by atoms with Crippen molar-refractivity contribution in [3.63, 3.8) is 0 Å². The van der Waals surface area contributed by atoms with Gasteiger partial charge in [-0.15, -0.1) is 0 Å². The van der Waals surface area contributed by atoms with E-state index in [0.717, 1.165) is 24.7 Å². The molecule has 100 valence electrons. The Morgan fingerprint density at radius 2 is 1.94 bits per heavy atom. The van der Waals surface area contributed by atoms with Gasteiger partial charge in [0.15, 0.2) is 0 Å². The molecular formula is C15H25N3. The second kappa shape index (κ2) is 5.61. The lowest BCUT2D eigenvalue weighted by atomic mass is 9.95. The van der Waals surface area contributed by atoms with Crippen LogP contribution in [0.2, 0.25) is 0 Å². The Balaban J connectivity index is 1.99. The van der Waals surface area contributed by atoms with Gasteiger partial charge in [-0.1, -0.05) is 12.1 Å². The van der Waals surface area contributed by atoms with Crippen molar-refractivity contribution in [2.45, 2.75) is 19.8 Å². The monoisotopic (exact) mass is 247 g/mol. The molecule has 0 aromatic heterocycles. The number of nitrogens with two attached hydrogens (primary N) is 1. The molecule has 0 atom stereocenters. The van der Waals surface area contributed by atoms with E-state index in [0.29, 0.717) is 0 Å². The highest BCUT2D eigenvalue weighted by Crippen LogP contribution is 2.30. The summed E-state index contributed by atoms with van der Waals surface area (Å²) in [4.78, 5) is 4.73. The lowest BCUT2D eigenvalue weighted by Crippen LogP contribution is -2.37. The molecule has 1 heterocycles. The van der Waals surface area contributed by atoms with Crippen LogP contribution in [-0.2, 0) is 0 Å². The van der Waals surface area contributed by atoms with Gasteiger partial charge in [-0.25, -0.2) is 0 Å². The summed E-state index contributed by atoms with van der Waals surface area (Å²) in [6, 6.07) is 6.33. The lowest BCUT2D eigenvalue weighted by Gasteiger charge is -2.35. The predicted molar refractivity (Wildman–Crippen MR) is 79.1 cm³/mol. The maximum absolute atomic E-state index is 6.18. The third-order valence-electron chi connectivity index (χ3n) is 3.88. The number of aryl methyl sites for hydroxylation is 1. The van der Waals surface area contributed by atoms with Crippen LogP contribution in [0.4, 0.5) is 11.4 Å². The molecule has 3 nitrogen and oxygen atoms in total. The van der Waals surface area contributed by atoms with Crippen molar-refractivity contribution in [3.8, 4) is 0 Å². The van der Waals surface area contributed by atoms with Gasteiger partial charge >= 0.3 is 0 Å². The molecule has 1 aromatic carbocycles. The number of hydrogen-bond donors (Lipinski definition) is 1. The predicted octanol–water partition coefficient (Wildman–Crippen LogP) is 2.36. The number of nitrogens with zero attached hydrogens (tertiary/aromatic N) is 2. The molecule has 0 aliphatic carbocycles. The third-order valence-corrected chi connectivity index (χ3v) is 3.88. The largest absolute Gasteiger partial charge is 0.397 e. The summed E-state index contributed by atoms with van der Waals surface area (Å²) in [5.41, 5.74) is 9.53. The first-order valence-corrected chi connectivity index (χ1v) is 6.82. The summed E-state index contributed by atoms with van der Waals surface area (Å²) in [6.45, 7) is 5.55. The molecule has 18 heavy (non-hydrogen) atoms. The van der Waals surface area contributed by atoms with Gasteiger partial charge in [-0.2, -0.15) is 0 Å². The van der Waals surface area contributed by atoms with Crippen LogP contribution in [0.5, 0.6) is 0 Å². The van der Waals surface area contributed by atoms with Gasteiger partial charge in [-0.05, 0) is 51.4 Å². The third kappa shape index (κ3) is 2.96. The van der Waals surface area contributed by atoms with Gasteiger partial charge < -0.3 is 15.5 Å². The van der Waals surface area contributed by atoms with E-state index in [1.165, 1.54) is 30.6 Å². The van der Waals surface area contributed by atoms with Crippen LogP contribution in [0.3, 0.4) is 0 Å². The van der Waals surface area contributed by atoms with E-state index in [1.54, 1.807) is 0 Å². The zero-order valence-electron chi connectivity index (χ0n) is 11.8. The Bertz CT molecular complexity index is 393. The summed E-state index contributed by atoms with van der Waals surface area (Å²) in [6.07, 6.45) is 2.54. The molecule has 0 amide bonds. The number of benzene rings is 1. The summed E-state index contributed by atoms with van der Waals surface area (Å²) in [5, 5.41) is 0. The van der Waals surface area contributed by atoms with Crippen LogP contribution in [0.25, 0.3) is 0 Å². The number of piperidine rings is 1. The van der Waals surface area contributed by atoms with Crippen molar-refractivity contribution in [2.75, 3.05) is 44.4 Å². The standard InChI is InChI=1S/C15H25N3/c1-12-5-4-6-14(15(12)16)18-9-7-13(8-10-18)11-17(2)3/h4-6,13H,7-11,16H2,1-3H3. The first kappa shape index (κ1) is 13.2. The van der Waals surface area contributed by atoms with E-state index in [4.69, 9.17) is 5.73 Å². The lowest BCUT2D eigenvalue weighted by molar-refractivity contribution is 0.285. The van der Waals surface area contributed by atoms with Crippen LogP contribution in [-0.4, -0.2) is 38.6 Å². The molecule has 1 aromatic rings. The topological polar surface area (TPSA) is 32.5 Å². The second-order valence-electron chi connectivity index (χ2n) is 5.70. The van der Waals surface area contributed by atoms with Gasteiger partial charge in [0.05, 0.1) is 11.4 Å². The van der Waals surface area contributed by atoms with E-state index in [9.17, 15) is 0 Å². The van der Waals surface area contributed by atoms with Crippen LogP contribution in [0.15, 0.2) is 18.2 Å². The highest BCUT2D eigenvalue weighted by atomic mass is 15.1. The van der Waals surface area contributed by atoms with Crippen molar-refractivity contribution in [3.05, 3.63) is 23.8 Å². The first-order valence-electron chi connectivity index (χ1n) is 6.82. The Hall–Kier alpha value is -1.22. The Kier molecular flexibility index (Phi) is 4.12. The molecule has 2 rings (SSSR count). The molecule has 0 spiro atoms. The molecule has 0 saturated carbocycles. The van der Waals surface area contributed by atoms with Gasteiger partial charge in [0.1, 0.15) is 0 Å². The summed E-state index contributed by atoms with van der Waals surface area (Å²) >= 11 is 0. The first-order chi connectivity index (χ1) is 8.58. The molecule has 0 bridgehead atoms. The molecule has 2 N–H and O–H groups in total. The van der Waals surface area contributed by atoms with Gasteiger partial charge in [0.2, 0.25) is 0 Å². The van der Waals surface area contributed by atoms with Gasteiger partial charge in [0.25, 0.3) is 0 Å². The Morgan fingerprint density at radius 1 is 1.28 bits per heavy atom. The maximum Gasteiger partial charge on any atom is 0.0602 e. The van der Waals surface area contributed by atoms with Crippen LogP contribution in [0, 0.1) is 12.8 Å². The fourth-order valence-corrected chi connectivity index (χ4v) is 2.81. The van der Waals surface area contributed by atoms with Crippen molar-refractivity contribution in [1.29, 1.82) is 0 Å². The Morgan fingerprint density at radius 3 is 2.56 bits per heavy atom. The van der Waals surface area contributed by atoms with Crippen LogP contribution >= 0.6 is 0 Å². The minimum atomic E-state index is 0.835. The molecule has 1 aliphatic rings. The molecule has 0 unspecified atom stereocenters. The molecule has 1 aliphatic heterocycles. The number of para-hydroxylation sites is 1. The van der Waals surface area contributed by atoms with E-state index >= 15 is 0 Å². The van der Waals surface area contributed by atoms with E-state index in [-0.39, 0.29) is 0 Å². The average molecular weight is 247 g/mol. The second-order valence-corrected chi connectivity index (χ2v) is 5.70. The highest BCUT2D eigenvalue weighted by Gasteiger charge is 2.21. The van der Waals surface area contributed by atoms with Crippen molar-refractivity contribution < 1.29 is 0 Å². The molecular weight excluding hydrogens is 222 g/mol. The van der Waals surface area contributed by atoms with Crippen molar-refractivity contribution >= 4 is 11.4 Å². The number of rotatable bonds is 3. The fourth-order valence-electron chi connectivity index (χ4n) is 2.81. The number of nitrogen functional groups attached to an aromatic ring is 1. The summed E-state index contributed by atoms with van der Waals surface area (Å²) in [5.74, 6) is 0.835. The van der Waals surface area contributed by atoms with Gasteiger partial charge in [0, 0.05) is 19.6 Å². The average Bonchev–Trinajstić information content (AvgIpc) is 2.33. The number of anilines is 2. The van der Waals surface area contributed by atoms with Crippen LogP contribution in [0.1, 0.15) is 18.4 Å². The quantitative estimate of drug-likeness (QED) is 0.832. The number of hydrogen-bond acceptors (Lipinski definition) is 3.